The zero-order valence-electron chi connectivity index (χ0n) is 6.62. The molecule has 2 N–H and O–H groups in total. The molecule has 4 heteroatoms. The highest BCUT2D eigenvalue weighted by atomic mass is 16.6. The average molecular weight is 162 g/mol. The van der Waals surface area contributed by atoms with Crippen molar-refractivity contribution in [2.24, 2.45) is 0 Å². The lowest BCUT2D eigenvalue weighted by molar-refractivity contribution is -0.131. The first-order valence-corrected chi connectivity index (χ1v) is 3.23. The number of aliphatic carboxylic acids is 1. The lowest BCUT2D eigenvalue weighted by Gasteiger charge is -1.64. The van der Waals surface area contributed by atoms with Gasteiger partial charge in [0.05, 0.1) is 13.2 Å². The van der Waals surface area contributed by atoms with E-state index in [2.05, 4.69) is 11.3 Å². The molecule has 0 saturated carbocycles. The molecular weight excluding hydrogens is 148 g/mol. The SMILES string of the molecule is C1CO1.C=CC(=O)O.CCO. The van der Waals surface area contributed by atoms with Crippen LogP contribution in [0.25, 0.3) is 0 Å². The number of carbonyl (C=O) groups is 1. The number of carboxylic acids is 1. The maximum atomic E-state index is 9.25. The first kappa shape index (κ1) is 12.8. The zero-order valence-corrected chi connectivity index (χ0v) is 6.62. The molecule has 0 radical (unpaired) electrons. The maximum absolute atomic E-state index is 9.25. The molecule has 0 spiro atoms. The van der Waals surface area contributed by atoms with Gasteiger partial charge in [-0.15, -0.1) is 0 Å². The molecule has 1 saturated heterocycles. The Morgan fingerprint density at radius 3 is 1.91 bits per heavy atom. The molecule has 1 heterocycles. The van der Waals surface area contributed by atoms with Crippen molar-refractivity contribution >= 4 is 5.97 Å². The number of rotatable bonds is 1. The topological polar surface area (TPSA) is 70.1 Å². The Balaban J connectivity index is 0. The van der Waals surface area contributed by atoms with Gasteiger partial charge in [0.2, 0.25) is 0 Å². The number of hydrogen-bond donors (Lipinski definition) is 2. The summed E-state index contributed by atoms with van der Waals surface area (Å²) in [6, 6.07) is 0. The highest BCUT2D eigenvalue weighted by molar-refractivity contribution is 5.78. The number of aliphatic hydroxyl groups is 1. The Labute approximate surface area is 66.1 Å². The molecule has 0 aliphatic carbocycles. The highest BCUT2D eigenvalue weighted by Crippen LogP contribution is 1.84. The summed E-state index contributed by atoms with van der Waals surface area (Å²) >= 11 is 0. The van der Waals surface area contributed by atoms with E-state index in [9.17, 15) is 4.79 Å². The summed E-state index contributed by atoms with van der Waals surface area (Å²) in [5.41, 5.74) is 0. The summed E-state index contributed by atoms with van der Waals surface area (Å²) in [5, 5.41) is 15.2. The molecule has 1 fully saturated rings. The van der Waals surface area contributed by atoms with Crippen molar-refractivity contribution in [3.63, 3.8) is 0 Å². The highest BCUT2D eigenvalue weighted by Gasteiger charge is 1.94. The van der Waals surface area contributed by atoms with Crippen LogP contribution in [0.4, 0.5) is 0 Å². The van der Waals surface area contributed by atoms with Crippen molar-refractivity contribution < 1.29 is 19.7 Å². The lowest BCUT2D eigenvalue weighted by atomic mass is 10.7. The van der Waals surface area contributed by atoms with Gasteiger partial charge in [-0.2, -0.15) is 0 Å². The van der Waals surface area contributed by atoms with Crippen LogP contribution in [0.15, 0.2) is 12.7 Å². The summed E-state index contributed by atoms with van der Waals surface area (Å²) in [5.74, 6) is -0.981. The van der Waals surface area contributed by atoms with Gasteiger partial charge in [0.15, 0.2) is 0 Å². The van der Waals surface area contributed by atoms with Crippen LogP contribution >= 0.6 is 0 Å². The van der Waals surface area contributed by atoms with E-state index >= 15 is 0 Å². The standard InChI is InChI=1S/C3H4O2.C2H4O.C2H6O/c1-2-3(4)5;1-2-3-1;1-2-3/h2H,1H2,(H,4,5);1-2H2;3H,2H2,1H3. The van der Waals surface area contributed by atoms with Crippen molar-refractivity contribution in [1.82, 2.24) is 0 Å². The molecular formula is C7H14O4. The largest absolute Gasteiger partial charge is 0.478 e. The molecule has 0 aromatic heterocycles. The van der Waals surface area contributed by atoms with Crippen molar-refractivity contribution in [1.29, 1.82) is 0 Å². The van der Waals surface area contributed by atoms with Gasteiger partial charge < -0.3 is 14.9 Å². The molecule has 4 nitrogen and oxygen atoms in total. The van der Waals surface area contributed by atoms with Crippen LogP contribution in [0.3, 0.4) is 0 Å². The number of ether oxygens (including phenoxy) is 1. The summed E-state index contributed by atoms with van der Waals surface area (Å²) < 4.78 is 4.50. The number of carboxylic acid groups (broad SMARTS) is 1. The van der Waals surface area contributed by atoms with E-state index in [0.717, 1.165) is 19.3 Å². The molecule has 0 atom stereocenters. The van der Waals surface area contributed by atoms with Crippen molar-refractivity contribution in [3.05, 3.63) is 12.7 Å². The molecule has 1 aliphatic heterocycles. The third kappa shape index (κ3) is 102. The molecule has 0 bridgehead atoms. The second-order valence-electron chi connectivity index (χ2n) is 1.47. The second-order valence-corrected chi connectivity index (χ2v) is 1.47. The van der Waals surface area contributed by atoms with Crippen molar-refractivity contribution in [2.45, 2.75) is 6.92 Å². The predicted molar refractivity (Wildman–Crippen MR) is 41.4 cm³/mol. The number of aliphatic hydroxyl groups excluding tert-OH is 1. The van der Waals surface area contributed by atoms with Crippen LogP contribution in [0.1, 0.15) is 6.92 Å². The fourth-order valence-electron chi connectivity index (χ4n) is 0. The van der Waals surface area contributed by atoms with Crippen LogP contribution in [0.5, 0.6) is 0 Å². The summed E-state index contributed by atoms with van der Waals surface area (Å²) in [4.78, 5) is 9.25. The van der Waals surface area contributed by atoms with Crippen LogP contribution < -0.4 is 0 Å². The smallest absolute Gasteiger partial charge is 0.327 e. The fourth-order valence-corrected chi connectivity index (χ4v) is 0. The Morgan fingerprint density at radius 1 is 1.73 bits per heavy atom. The van der Waals surface area contributed by atoms with Gasteiger partial charge in [-0.1, -0.05) is 6.58 Å². The van der Waals surface area contributed by atoms with Gasteiger partial charge in [0, 0.05) is 12.7 Å². The van der Waals surface area contributed by atoms with Crippen LogP contribution in [0, 0.1) is 0 Å². The Hall–Kier alpha value is -0.870. The predicted octanol–water partition coefficient (Wildman–Crippen LogP) is 0.272. The van der Waals surface area contributed by atoms with Crippen molar-refractivity contribution in [3.8, 4) is 0 Å². The summed E-state index contributed by atoms with van der Waals surface area (Å²) in [7, 11) is 0. The maximum Gasteiger partial charge on any atom is 0.327 e. The van der Waals surface area contributed by atoms with E-state index in [4.69, 9.17) is 10.2 Å². The third-order valence-electron chi connectivity index (χ3n) is 0.379. The minimum absolute atomic E-state index is 0.250. The normalized spacial score (nSPS) is 11.1. The van der Waals surface area contributed by atoms with Crippen LogP contribution in [-0.4, -0.2) is 36.0 Å². The van der Waals surface area contributed by atoms with E-state index in [1.54, 1.807) is 6.92 Å². The van der Waals surface area contributed by atoms with Gasteiger partial charge in [-0.05, 0) is 6.92 Å². The van der Waals surface area contributed by atoms with Crippen LogP contribution in [-0.2, 0) is 9.53 Å². The van der Waals surface area contributed by atoms with E-state index in [1.807, 2.05) is 0 Å². The van der Waals surface area contributed by atoms with E-state index in [-0.39, 0.29) is 6.61 Å². The molecule has 66 valence electrons. The molecule has 0 amide bonds. The molecule has 1 rings (SSSR count). The Kier molecular flexibility index (Phi) is 13.8. The van der Waals surface area contributed by atoms with Crippen LogP contribution in [0.2, 0.25) is 0 Å². The Bertz CT molecular complexity index is 95.9. The second kappa shape index (κ2) is 11.9. The first-order valence-electron chi connectivity index (χ1n) is 3.23. The first-order chi connectivity index (χ1) is 5.18. The monoisotopic (exact) mass is 162 g/mol. The van der Waals surface area contributed by atoms with E-state index in [1.165, 1.54) is 0 Å². The minimum atomic E-state index is -0.981. The van der Waals surface area contributed by atoms with Gasteiger partial charge in [0.1, 0.15) is 0 Å². The minimum Gasteiger partial charge on any atom is -0.478 e. The van der Waals surface area contributed by atoms with Gasteiger partial charge in [-0.3, -0.25) is 0 Å². The van der Waals surface area contributed by atoms with Gasteiger partial charge in [0.25, 0.3) is 0 Å². The lowest BCUT2D eigenvalue weighted by Crippen LogP contribution is -1.82. The number of hydrogen-bond acceptors (Lipinski definition) is 3. The number of epoxide rings is 1. The van der Waals surface area contributed by atoms with Gasteiger partial charge in [-0.25, -0.2) is 4.79 Å². The third-order valence-corrected chi connectivity index (χ3v) is 0.379. The Morgan fingerprint density at radius 2 is 1.91 bits per heavy atom. The quantitative estimate of drug-likeness (QED) is 0.429. The molecule has 1 aliphatic rings. The van der Waals surface area contributed by atoms with Crippen molar-refractivity contribution in [2.75, 3.05) is 19.8 Å². The molecule has 0 unspecified atom stereocenters. The fraction of sp³-hybridized carbons (Fsp3) is 0.571. The molecule has 0 aromatic rings. The summed E-state index contributed by atoms with van der Waals surface area (Å²) in [6.45, 7) is 6.89. The van der Waals surface area contributed by atoms with Gasteiger partial charge >= 0.3 is 5.97 Å². The molecule has 0 aromatic carbocycles. The molecule has 11 heavy (non-hydrogen) atoms. The van der Waals surface area contributed by atoms with E-state index < -0.39 is 5.97 Å². The zero-order chi connectivity index (χ0) is 9.11. The average Bonchev–Trinajstić information content (AvgIpc) is 2.73. The summed E-state index contributed by atoms with van der Waals surface area (Å²) in [6.07, 6.45) is 0.833. The van der Waals surface area contributed by atoms with E-state index in [0.29, 0.717) is 0 Å².